The molecule has 0 radical (unpaired) electrons. The van der Waals surface area contributed by atoms with Gasteiger partial charge in [0.25, 0.3) is 15.0 Å². The second kappa shape index (κ2) is 6.01. The van der Waals surface area contributed by atoms with Crippen LogP contribution in [0, 0.1) is 0 Å². The quantitative estimate of drug-likeness (QED) is 0.811. The van der Waals surface area contributed by atoms with Gasteiger partial charge in [-0.25, -0.2) is 8.42 Å². The van der Waals surface area contributed by atoms with Crippen LogP contribution in [0.2, 0.25) is 0 Å². The number of ether oxygens (including phenoxy) is 1. The number of carbonyl (C=O) groups is 1. The molecule has 0 heterocycles. The van der Waals surface area contributed by atoms with Crippen molar-refractivity contribution >= 4 is 41.6 Å². The Kier molecular flexibility index (Phi) is 4.73. The minimum atomic E-state index is -3.86. The molecule has 8 heteroatoms. The maximum Gasteiger partial charge on any atom is 0.261 e. The molecule has 110 valence electrons. The Balaban J connectivity index is 2.14. The van der Waals surface area contributed by atoms with E-state index in [2.05, 4.69) is 21.2 Å². The monoisotopic (exact) mass is 381 g/mol. The fourth-order valence-electron chi connectivity index (χ4n) is 1.97. The number of rotatable bonds is 4. The summed E-state index contributed by atoms with van der Waals surface area (Å²) in [6.07, 6.45) is 1.69. The zero-order valence-corrected chi connectivity index (χ0v) is 13.8. The molecule has 0 aromatic heterocycles. The van der Waals surface area contributed by atoms with Crippen molar-refractivity contribution in [2.75, 3.05) is 7.11 Å². The molecule has 1 saturated carbocycles. The van der Waals surface area contributed by atoms with Gasteiger partial charge in [-0.05, 0) is 47.0 Å². The molecule has 0 saturated heterocycles. The van der Waals surface area contributed by atoms with Gasteiger partial charge >= 0.3 is 0 Å². The number of benzene rings is 1. The van der Waals surface area contributed by atoms with Crippen LogP contribution in [0.1, 0.15) is 23.2 Å². The third kappa shape index (κ3) is 3.52. The van der Waals surface area contributed by atoms with Crippen LogP contribution in [0.4, 0.5) is 0 Å². The van der Waals surface area contributed by atoms with Crippen LogP contribution >= 0.6 is 26.6 Å². The van der Waals surface area contributed by atoms with E-state index < -0.39 is 9.05 Å². The summed E-state index contributed by atoms with van der Waals surface area (Å²) in [6.45, 7) is 0. The van der Waals surface area contributed by atoms with Crippen LogP contribution in [-0.2, 0) is 13.8 Å². The molecule has 2 rings (SSSR count). The number of hydrogen-bond donors (Lipinski definition) is 1. The Hall–Kier alpha value is -0.630. The fourth-order valence-corrected chi connectivity index (χ4v) is 3.17. The maximum atomic E-state index is 12.1. The summed E-state index contributed by atoms with van der Waals surface area (Å²) in [6, 6.07) is 4.14. The number of carbonyl (C=O) groups excluding carboxylic acids is 1. The standard InChI is InChI=1S/C12H13BrClNO4S/c1-19-8-4-7(5-8)15-12(16)10-6-9(20(14,17)18)2-3-11(10)13/h2-3,6-8H,4-5H2,1H3,(H,15,16). The summed E-state index contributed by atoms with van der Waals surface area (Å²) in [5.41, 5.74) is 0.243. The molecule has 0 unspecified atom stereocenters. The van der Waals surface area contributed by atoms with Crippen molar-refractivity contribution in [2.24, 2.45) is 0 Å². The first-order valence-electron chi connectivity index (χ1n) is 5.89. The van der Waals surface area contributed by atoms with E-state index in [1.165, 1.54) is 18.2 Å². The lowest BCUT2D eigenvalue weighted by Gasteiger charge is -2.34. The zero-order valence-electron chi connectivity index (χ0n) is 10.6. The Bertz CT molecular complexity index is 628. The third-order valence-corrected chi connectivity index (χ3v) is 5.27. The molecular formula is C12H13BrClNO4S. The number of methoxy groups -OCH3 is 1. The van der Waals surface area contributed by atoms with Gasteiger partial charge in [0, 0.05) is 28.3 Å². The summed E-state index contributed by atoms with van der Waals surface area (Å²) < 4.78 is 28.2. The molecule has 1 aromatic rings. The fraction of sp³-hybridized carbons (Fsp3) is 0.417. The minimum Gasteiger partial charge on any atom is -0.381 e. The number of amides is 1. The molecule has 20 heavy (non-hydrogen) atoms. The van der Waals surface area contributed by atoms with Crippen molar-refractivity contribution in [3.8, 4) is 0 Å². The zero-order chi connectivity index (χ0) is 14.9. The van der Waals surface area contributed by atoms with Crippen LogP contribution < -0.4 is 5.32 Å². The molecule has 0 aliphatic heterocycles. The Morgan fingerprint density at radius 1 is 1.45 bits per heavy atom. The van der Waals surface area contributed by atoms with E-state index >= 15 is 0 Å². The van der Waals surface area contributed by atoms with Gasteiger partial charge in [-0.1, -0.05) is 0 Å². The highest BCUT2D eigenvalue weighted by Crippen LogP contribution is 2.26. The number of hydrogen-bond acceptors (Lipinski definition) is 4. The molecule has 1 fully saturated rings. The van der Waals surface area contributed by atoms with Crippen molar-refractivity contribution < 1.29 is 17.9 Å². The van der Waals surface area contributed by atoms with E-state index in [0.29, 0.717) is 4.47 Å². The van der Waals surface area contributed by atoms with E-state index in [0.717, 1.165) is 12.8 Å². The number of nitrogens with one attached hydrogen (secondary N) is 1. The van der Waals surface area contributed by atoms with Crippen LogP contribution in [0.15, 0.2) is 27.6 Å². The Morgan fingerprint density at radius 2 is 2.10 bits per heavy atom. The lowest BCUT2D eigenvalue weighted by molar-refractivity contribution is 0.0176. The van der Waals surface area contributed by atoms with E-state index in [4.69, 9.17) is 15.4 Å². The van der Waals surface area contributed by atoms with Gasteiger partial charge in [0.1, 0.15) is 0 Å². The Morgan fingerprint density at radius 3 is 2.65 bits per heavy atom. The summed E-state index contributed by atoms with van der Waals surface area (Å²) >= 11 is 3.23. The van der Waals surface area contributed by atoms with Crippen molar-refractivity contribution in [1.29, 1.82) is 0 Å². The van der Waals surface area contributed by atoms with Crippen LogP contribution in [0.3, 0.4) is 0 Å². The molecule has 1 aliphatic carbocycles. The van der Waals surface area contributed by atoms with Crippen LogP contribution in [0.25, 0.3) is 0 Å². The molecule has 1 aromatic carbocycles. The lowest BCUT2D eigenvalue weighted by atomic mass is 9.89. The molecule has 1 N–H and O–H groups in total. The topological polar surface area (TPSA) is 72.5 Å². The van der Waals surface area contributed by atoms with Gasteiger partial charge in [0.2, 0.25) is 0 Å². The number of halogens is 2. The van der Waals surface area contributed by atoms with E-state index in [-0.39, 0.29) is 28.5 Å². The molecule has 1 aliphatic rings. The molecule has 0 atom stereocenters. The van der Waals surface area contributed by atoms with Gasteiger partial charge in [-0.3, -0.25) is 4.79 Å². The van der Waals surface area contributed by atoms with Crippen LogP contribution in [0.5, 0.6) is 0 Å². The smallest absolute Gasteiger partial charge is 0.261 e. The summed E-state index contributed by atoms with van der Waals surface area (Å²) in [5, 5.41) is 2.83. The van der Waals surface area contributed by atoms with E-state index in [1.807, 2.05) is 0 Å². The first-order valence-corrected chi connectivity index (χ1v) is 8.99. The van der Waals surface area contributed by atoms with Gasteiger partial charge in [-0.2, -0.15) is 0 Å². The van der Waals surface area contributed by atoms with Crippen molar-refractivity contribution in [3.05, 3.63) is 28.2 Å². The van der Waals surface area contributed by atoms with E-state index in [9.17, 15) is 13.2 Å². The normalized spacial score (nSPS) is 22.1. The predicted octanol–water partition coefficient (Wildman–Crippen LogP) is 2.28. The summed E-state index contributed by atoms with van der Waals surface area (Å²) in [7, 11) is 3.05. The molecule has 1 amide bonds. The van der Waals surface area contributed by atoms with Gasteiger partial charge < -0.3 is 10.1 Å². The molecule has 5 nitrogen and oxygen atoms in total. The first kappa shape index (κ1) is 15.8. The molecule has 0 bridgehead atoms. The molecule has 0 spiro atoms. The van der Waals surface area contributed by atoms with Gasteiger partial charge in [0.05, 0.1) is 16.6 Å². The van der Waals surface area contributed by atoms with Crippen molar-refractivity contribution in [3.63, 3.8) is 0 Å². The SMILES string of the molecule is COC1CC(NC(=O)c2cc(S(=O)(=O)Cl)ccc2Br)C1. The Labute approximate surface area is 130 Å². The summed E-state index contributed by atoms with van der Waals surface area (Å²) in [4.78, 5) is 12.0. The average molecular weight is 383 g/mol. The highest BCUT2D eigenvalue weighted by Gasteiger charge is 2.30. The van der Waals surface area contributed by atoms with Crippen molar-refractivity contribution in [1.82, 2.24) is 5.32 Å². The minimum absolute atomic E-state index is 0.0515. The second-order valence-electron chi connectivity index (χ2n) is 4.58. The van der Waals surface area contributed by atoms with Gasteiger partial charge in [0.15, 0.2) is 0 Å². The third-order valence-electron chi connectivity index (χ3n) is 3.23. The van der Waals surface area contributed by atoms with Crippen LogP contribution in [-0.4, -0.2) is 33.6 Å². The largest absolute Gasteiger partial charge is 0.381 e. The van der Waals surface area contributed by atoms with Gasteiger partial charge in [-0.15, -0.1) is 0 Å². The molecular weight excluding hydrogens is 370 g/mol. The first-order chi connectivity index (χ1) is 9.31. The highest BCUT2D eigenvalue weighted by atomic mass is 79.9. The lowest BCUT2D eigenvalue weighted by Crippen LogP contribution is -2.47. The van der Waals surface area contributed by atoms with Crippen molar-refractivity contribution in [2.45, 2.75) is 29.9 Å². The average Bonchev–Trinajstić information content (AvgIpc) is 2.31. The maximum absolute atomic E-state index is 12.1. The highest BCUT2D eigenvalue weighted by molar-refractivity contribution is 9.10. The van der Waals surface area contributed by atoms with E-state index in [1.54, 1.807) is 7.11 Å². The summed E-state index contributed by atoms with van der Waals surface area (Å²) in [5.74, 6) is -0.335. The second-order valence-corrected chi connectivity index (χ2v) is 8.00. The predicted molar refractivity (Wildman–Crippen MR) is 78.5 cm³/mol.